The fourth-order valence-electron chi connectivity index (χ4n) is 1.70. The summed E-state index contributed by atoms with van der Waals surface area (Å²) in [4.78, 5) is -1.09. The molecule has 0 bridgehead atoms. The Hall–Kier alpha value is -1.19. The fraction of sp³-hybridized carbons (Fsp3) is 0.417. The zero-order valence-corrected chi connectivity index (χ0v) is 13.1. The molecular weight excluding hydrogens is 325 g/mol. The minimum atomic E-state index is -4.46. The second-order valence-corrected chi connectivity index (χ2v) is 6.80. The molecule has 0 aliphatic carbocycles. The van der Waals surface area contributed by atoms with Crippen LogP contribution in [0.2, 0.25) is 0 Å². The summed E-state index contributed by atoms with van der Waals surface area (Å²) in [5, 5.41) is 0. The molecule has 0 heterocycles. The molecule has 9 heteroatoms. The second-order valence-electron chi connectivity index (χ2n) is 4.46. The van der Waals surface area contributed by atoms with Crippen molar-refractivity contribution < 1.29 is 21.6 Å². The highest BCUT2D eigenvalue weighted by Crippen LogP contribution is 2.24. The van der Waals surface area contributed by atoms with Crippen LogP contribution in [0.4, 0.5) is 13.2 Å². The Morgan fingerprint density at radius 2 is 1.81 bits per heavy atom. The van der Waals surface area contributed by atoms with E-state index >= 15 is 0 Å². The lowest BCUT2D eigenvalue weighted by Crippen LogP contribution is -2.38. The molecule has 118 valence electrons. The summed E-state index contributed by atoms with van der Waals surface area (Å²) in [5.41, 5.74) is 5.41. The molecule has 0 fully saturated rings. The first-order chi connectivity index (χ1) is 9.61. The minimum absolute atomic E-state index is 0.0362. The third-order valence-electron chi connectivity index (χ3n) is 2.88. The Morgan fingerprint density at radius 3 is 2.19 bits per heavy atom. The van der Waals surface area contributed by atoms with Gasteiger partial charge in [-0.3, -0.25) is 0 Å². The van der Waals surface area contributed by atoms with Crippen molar-refractivity contribution in [3.8, 4) is 0 Å². The first kappa shape index (κ1) is 17.9. The highest BCUT2D eigenvalue weighted by Gasteiger charge is 2.31. The molecule has 0 spiro atoms. The second kappa shape index (κ2) is 6.71. The molecule has 4 nitrogen and oxygen atoms in total. The SMILES string of the molecule is CCN(CC(C)C(N)=S)S(=O)(=O)c1c(F)cc(F)cc1F. The van der Waals surface area contributed by atoms with Gasteiger partial charge >= 0.3 is 0 Å². The van der Waals surface area contributed by atoms with Crippen molar-refractivity contribution in [2.24, 2.45) is 11.7 Å². The molecule has 0 amide bonds. The monoisotopic (exact) mass is 340 g/mol. The van der Waals surface area contributed by atoms with Crippen LogP contribution >= 0.6 is 12.2 Å². The summed E-state index contributed by atoms with van der Waals surface area (Å²) in [6.45, 7) is 2.94. The maximum Gasteiger partial charge on any atom is 0.248 e. The average Bonchev–Trinajstić information content (AvgIpc) is 2.33. The molecule has 1 unspecified atom stereocenters. The lowest BCUT2D eigenvalue weighted by atomic mass is 10.2. The summed E-state index contributed by atoms with van der Waals surface area (Å²) in [6.07, 6.45) is 0. The number of rotatable bonds is 6. The summed E-state index contributed by atoms with van der Waals surface area (Å²) >= 11 is 4.75. The van der Waals surface area contributed by atoms with Crippen molar-refractivity contribution in [2.75, 3.05) is 13.1 Å². The molecule has 1 aromatic rings. The third-order valence-corrected chi connectivity index (χ3v) is 5.27. The quantitative estimate of drug-likeness (QED) is 0.805. The molecule has 1 atom stereocenters. The van der Waals surface area contributed by atoms with Crippen molar-refractivity contribution in [3.05, 3.63) is 29.6 Å². The summed E-state index contributed by atoms with van der Waals surface area (Å²) in [7, 11) is -4.46. The highest BCUT2D eigenvalue weighted by molar-refractivity contribution is 7.89. The number of benzene rings is 1. The van der Waals surface area contributed by atoms with Gasteiger partial charge in [-0.1, -0.05) is 26.1 Å². The van der Waals surface area contributed by atoms with Crippen molar-refractivity contribution in [1.82, 2.24) is 4.31 Å². The third kappa shape index (κ3) is 3.92. The first-order valence-corrected chi connectivity index (χ1v) is 7.90. The Labute approximate surface area is 126 Å². The summed E-state index contributed by atoms with van der Waals surface area (Å²) < 4.78 is 65.7. The van der Waals surface area contributed by atoms with Crippen molar-refractivity contribution in [1.29, 1.82) is 0 Å². The van der Waals surface area contributed by atoms with Crippen LogP contribution in [-0.2, 0) is 10.0 Å². The van der Waals surface area contributed by atoms with Crippen LogP contribution in [0.15, 0.2) is 17.0 Å². The maximum absolute atomic E-state index is 13.7. The molecule has 0 saturated heterocycles. The molecule has 0 saturated carbocycles. The van der Waals surface area contributed by atoms with E-state index in [2.05, 4.69) is 0 Å². The normalized spacial score (nSPS) is 13.4. The van der Waals surface area contributed by atoms with Gasteiger partial charge in [-0.15, -0.1) is 0 Å². The van der Waals surface area contributed by atoms with Gasteiger partial charge in [0, 0.05) is 31.1 Å². The number of nitrogens with two attached hydrogens (primary N) is 1. The molecule has 0 aliphatic rings. The van der Waals surface area contributed by atoms with Gasteiger partial charge in [0.05, 0.1) is 4.99 Å². The van der Waals surface area contributed by atoms with E-state index in [0.29, 0.717) is 12.1 Å². The highest BCUT2D eigenvalue weighted by atomic mass is 32.2. The van der Waals surface area contributed by atoms with E-state index in [-0.39, 0.29) is 18.1 Å². The number of hydrogen-bond donors (Lipinski definition) is 1. The van der Waals surface area contributed by atoms with Gasteiger partial charge in [-0.2, -0.15) is 4.31 Å². The Balaban J connectivity index is 3.29. The maximum atomic E-state index is 13.7. The van der Waals surface area contributed by atoms with Crippen LogP contribution in [0.25, 0.3) is 0 Å². The van der Waals surface area contributed by atoms with E-state index in [1.54, 1.807) is 6.92 Å². The molecule has 0 aliphatic heterocycles. The van der Waals surface area contributed by atoms with Gasteiger partial charge in [0.1, 0.15) is 17.5 Å². The van der Waals surface area contributed by atoms with Crippen LogP contribution < -0.4 is 5.73 Å². The van der Waals surface area contributed by atoms with Gasteiger partial charge in [-0.05, 0) is 0 Å². The molecule has 2 N–H and O–H groups in total. The van der Waals surface area contributed by atoms with E-state index in [1.165, 1.54) is 6.92 Å². The van der Waals surface area contributed by atoms with E-state index in [0.717, 1.165) is 4.31 Å². The minimum Gasteiger partial charge on any atom is -0.393 e. The lowest BCUT2D eigenvalue weighted by molar-refractivity contribution is 0.396. The van der Waals surface area contributed by atoms with E-state index in [9.17, 15) is 21.6 Å². The van der Waals surface area contributed by atoms with E-state index in [1.807, 2.05) is 0 Å². The van der Waals surface area contributed by atoms with Crippen molar-refractivity contribution >= 4 is 27.2 Å². The Morgan fingerprint density at radius 1 is 1.33 bits per heavy atom. The Bertz CT molecular complexity index is 627. The van der Waals surface area contributed by atoms with Crippen LogP contribution in [0, 0.1) is 23.4 Å². The molecule has 0 radical (unpaired) electrons. The fourth-order valence-corrected chi connectivity index (χ4v) is 3.40. The van der Waals surface area contributed by atoms with Crippen LogP contribution in [0.3, 0.4) is 0 Å². The standard InChI is InChI=1S/C12H15F3N2O2S2/c1-3-17(6-7(2)12(16)20)21(18,19)11-9(14)4-8(13)5-10(11)15/h4-5,7H,3,6H2,1-2H3,(H2,16,20). The van der Waals surface area contributed by atoms with Crippen LogP contribution in [0.1, 0.15) is 13.8 Å². The van der Waals surface area contributed by atoms with Crippen LogP contribution in [0.5, 0.6) is 0 Å². The Kier molecular flexibility index (Phi) is 5.71. The van der Waals surface area contributed by atoms with Gasteiger partial charge < -0.3 is 5.73 Å². The summed E-state index contributed by atoms with van der Waals surface area (Å²) in [6, 6.07) is 0.640. The van der Waals surface area contributed by atoms with Gasteiger partial charge in [-0.25, -0.2) is 21.6 Å². The summed E-state index contributed by atoms with van der Waals surface area (Å²) in [5.74, 6) is -4.62. The smallest absolute Gasteiger partial charge is 0.248 e. The van der Waals surface area contributed by atoms with Gasteiger partial charge in [0.25, 0.3) is 0 Å². The number of sulfonamides is 1. The van der Waals surface area contributed by atoms with Gasteiger partial charge in [0.15, 0.2) is 4.90 Å². The number of nitrogens with zero attached hydrogens (tertiary/aromatic N) is 1. The zero-order chi connectivity index (χ0) is 16.4. The van der Waals surface area contributed by atoms with Crippen molar-refractivity contribution in [2.45, 2.75) is 18.7 Å². The van der Waals surface area contributed by atoms with Crippen molar-refractivity contribution in [3.63, 3.8) is 0 Å². The van der Waals surface area contributed by atoms with Crippen LogP contribution in [-0.4, -0.2) is 30.8 Å². The zero-order valence-electron chi connectivity index (χ0n) is 11.4. The largest absolute Gasteiger partial charge is 0.393 e. The number of halogens is 3. The molecular formula is C12H15F3N2O2S2. The molecule has 21 heavy (non-hydrogen) atoms. The average molecular weight is 340 g/mol. The van der Waals surface area contributed by atoms with Gasteiger partial charge in [0.2, 0.25) is 10.0 Å². The topological polar surface area (TPSA) is 63.4 Å². The van der Waals surface area contributed by atoms with E-state index in [4.69, 9.17) is 18.0 Å². The molecule has 1 rings (SSSR count). The lowest BCUT2D eigenvalue weighted by Gasteiger charge is -2.24. The molecule has 0 aromatic heterocycles. The first-order valence-electron chi connectivity index (χ1n) is 6.05. The predicted molar refractivity (Wildman–Crippen MR) is 76.7 cm³/mol. The predicted octanol–water partition coefficient (Wildman–Crippen LogP) is 2.04. The number of thiocarbonyl (C=S) groups is 1. The van der Waals surface area contributed by atoms with E-state index < -0.39 is 38.3 Å². The molecule has 1 aromatic carbocycles. The number of hydrogen-bond acceptors (Lipinski definition) is 3.